The van der Waals surface area contributed by atoms with Crippen LogP contribution in [-0.2, 0) is 0 Å². The lowest BCUT2D eigenvalue weighted by molar-refractivity contribution is 0.111. The van der Waals surface area contributed by atoms with E-state index >= 15 is 0 Å². The Hall–Kier alpha value is -1.35. The van der Waals surface area contributed by atoms with Crippen LogP contribution >= 0.6 is 0 Å². The van der Waals surface area contributed by atoms with Crippen LogP contribution in [0.2, 0.25) is 0 Å². The van der Waals surface area contributed by atoms with E-state index in [2.05, 4.69) is 17.1 Å². The smallest absolute Gasteiger partial charge is 0.218 e. The van der Waals surface area contributed by atoms with E-state index in [1.807, 2.05) is 12.1 Å². The molecule has 1 aromatic heterocycles. The SMILES string of the molecule is COc1ncccc1C(O)C1CC=CC1. The van der Waals surface area contributed by atoms with Gasteiger partial charge in [-0.1, -0.05) is 12.2 Å². The first-order valence-electron chi connectivity index (χ1n) is 5.15. The quantitative estimate of drug-likeness (QED) is 0.768. The zero-order valence-electron chi connectivity index (χ0n) is 8.76. The fraction of sp³-hybridized carbons (Fsp3) is 0.417. The molecule has 80 valence electrons. The topological polar surface area (TPSA) is 42.4 Å². The van der Waals surface area contributed by atoms with Crippen LogP contribution in [0.25, 0.3) is 0 Å². The summed E-state index contributed by atoms with van der Waals surface area (Å²) in [5.74, 6) is 0.792. The summed E-state index contributed by atoms with van der Waals surface area (Å²) in [5, 5.41) is 10.2. The number of aromatic nitrogens is 1. The monoisotopic (exact) mass is 205 g/mol. The highest BCUT2D eigenvalue weighted by Gasteiger charge is 2.24. The Morgan fingerprint density at radius 3 is 2.87 bits per heavy atom. The van der Waals surface area contributed by atoms with Crippen molar-refractivity contribution in [2.75, 3.05) is 7.11 Å². The van der Waals surface area contributed by atoms with Gasteiger partial charge in [-0.05, 0) is 30.9 Å². The summed E-state index contributed by atoms with van der Waals surface area (Å²) in [6.45, 7) is 0. The van der Waals surface area contributed by atoms with E-state index in [0.29, 0.717) is 5.88 Å². The minimum absolute atomic E-state index is 0.267. The normalized spacial score (nSPS) is 18.0. The van der Waals surface area contributed by atoms with Gasteiger partial charge >= 0.3 is 0 Å². The fourth-order valence-corrected chi connectivity index (χ4v) is 1.95. The van der Waals surface area contributed by atoms with Crippen molar-refractivity contribution in [3.63, 3.8) is 0 Å². The van der Waals surface area contributed by atoms with E-state index in [-0.39, 0.29) is 5.92 Å². The van der Waals surface area contributed by atoms with Crippen molar-refractivity contribution in [3.05, 3.63) is 36.0 Å². The van der Waals surface area contributed by atoms with Gasteiger partial charge in [0.1, 0.15) is 0 Å². The maximum Gasteiger partial charge on any atom is 0.218 e. The molecule has 0 saturated heterocycles. The van der Waals surface area contributed by atoms with Crippen LogP contribution in [0.15, 0.2) is 30.5 Å². The first-order chi connectivity index (χ1) is 7.33. The molecule has 0 spiro atoms. The van der Waals surface area contributed by atoms with Crippen molar-refractivity contribution >= 4 is 0 Å². The molecule has 3 heteroatoms. The Kier molecular flexibility index (Phi) is 3.02. The van der Waals surface area contributed by atoms with Crippen molar-refractivity contribution in [2.45, 2.75) is 18.9 Å². The van der Waals surface area contributed by atoms with Gasteiger partial charge in [-0.2, -0.15) is 0 Å². The number of ether oxygens (including phenoxy) is 1. The van der Waals surface area contributed by atoms with Crippen molar-refractivity contribution in [2.24, 2.45) is 5.92 Å². The summed E-state index contributed by atoms with van der Waals surface area (Å²) in [7, 11) is 1.57. The van der Waals surface area contributed by atoms with E-state index in [4.69, 9.17) is 4.74 Å². The zero-order chi connectivity index (χ0) is 10.7. The molecule has 0 saturated carbocycles. The van der Waals surface area contributed by atoms with Crippen LogP contribution in [0.1, 0.15) is 24.5 Å². The number of nitrogens with zero attached hydrogens (tertiary/aromatic N) is 1. The van der Waals surface area contributed by atoms with Crippen LogP contribution in [-0.4, -0.2) is 17.2 Å². The Morgan fingerprint density at radius 1 is 1.47 bits per heavy atom. The molecule has 0 bridgehead atoms. The Morgan fingerprint density at radius 2 is 2.20 bits per heavy atom. The van der Waals surface area contributed by atoms with Crippen LogP contribution in [0.4, 0.5) is 0 Å². The van der Waals surface area contributed by atoms with E-state index in [9.17, 15) is 5.11 Å². The highest BCUT2D eigenvalue weighted by molar-refractivity contribution is 5.28. The number of aliphatic hydroxyl groups excluding tert-OH is 1. The molecule has 1 atom stereocenters. The summed E-state index contributed by atoms with van der Waals surface area (Å²) < 4.78 is 5.13. The average molecular weight is 205 g/mol. The molecule has 0 aliphatic heterocycles. The van der Waals surface area contributed by atoms with Crippen molar-refractivity contribution in [1.29, 1.82) is 0 Å². The molecule has 2 rings (SSSR count). The van der Waals surface area contributed by atoms with Gasteiger partial charge in [0, 0.05) is 11.8 Å². The molecule has 1 N–H and O–H groups in total. The molecule has 0 radical (unpaired) electrons. The maximum absolute atomic E-state index is 10.2. The highest BCUT2D eigenvalue weighted by atomic mass is 16.5. The minimum atomic E-state index is -0.483. The van der Waals surface area contributed by atoms with Gasteiger partial charge in [0.05, 0.1) is 13.2 Å². The number of methoxy groups -OCH3 is 1. The highest BCUT2D eigenvalue weighted by Crippen LogP contribution is 2.34. The molecule has 1 aliphatic carbocycles. The molecular formula is C12H15NO2. The third-order valence-corrected chi connectivity index (χ3v) is 2.80. The lowest BCUT2D eigenvalue weighted by Gasteiger charge is -2.19. The molecule has 0 aromatic carbocycles. The summed E-state index contributed by atoms with van der Waals surface area (Å²) in [4.78, 5) is 4.09. The first kappa shape index (κ1) is 10.2. The second kappa shape index (κ2) is 4.45. The molecule has 0 amide bonds. The predicted octanol–water partition coefficient (Wildman–Crippen LogP) is 2.09. The second-order valence-electron chi connectivity index (χ2n) is 3.75. The van der Waals surface area contributed by atoms with E-state index < -0.39 is 6.10 Å². The molecule has 1 aromatic rings. The molecule has 1 unspecified atom stereocenters. The summed E-state index contributed by atoms with van der Waals surface area (Å²) in [5.41, 5.74) is 0.786. The number of rotatable bonds is 3. The predicted molar refractivity (Wildman–Crippen MR) is 57.6 cm³/mol. The van der Waals surface area contributed by atoms with E-state index in [1.54, 1.807) is 13.3 Å². The number of pyridine rings is 1. The standard InChI is InChI=1S/C12H15NO2/c1-15-12-10(7-4-8-13-12)11(14)9-5-2-3-6-9/h2-4,7-9,11,14H,5-6H2,1H3. The number of allylic oxidation sites excluding steroid dienone is 2. The lowest BCUT2D eigenvalue weighted by Crippen LogP contribution is -2.11. The van der Waals surface area contributed by atoms with Gasteiger partial charge in [0.15, 0.2) is 0 Å². The number of hydrogen-bond donors (Lipinski definition) is 1. The summed E-state index contributed by atoms with van der Waals surface area (Å²) in [6, 6.07) is 3.69. The van der Waals surface area contributed by atoms with Crippen molar-refractivity contribution < 1.29 is 9.84 Å². The van der Waals surface area contributed by atoms with Crippen LogP contribution < -0.4 is 4.74 Å². The number of hydrogen-bond acceptors (Lipinski definition) is 3. The van der Waals surface area contributed by atoms with Gasteiger partial charge in [-0.3, -0.25) is 0 Å². The minimum Gasteiger partial charge on any atom is -0.481 e. The first-order valence-corrected chi connectivity index (χ1v) is 5.15. The summed E-state index contributed by atoms with van der Waals surface area (Å²) >= 11 is 0. The van der Waals surface area contributed by atoms with Gasteiger partial charge in [0.25, 0.3) is 0 Å². The third-order valence-electron chi connectivity index (χ3n) is 2.80. The molecule has 1 heterocycles. The largest absolute Gasteiger partial charge is 0.481 e. The van der Waals surface area contributed by atoms with Crippen molar-refractivity contribution in [1.82, 2.24) is 4.98 Å². The van der Waals surface area contributed by atoms with Crippen molar-refractivity contribution in [3.8, 4) is 5.88 Å². The van der Waals surface area contributed by atoms with E-state index in [1.165, 1.54) is 0 Å². The Labute approximate surface area is 89.4 Å². The van der Waals surface area contributed by atoms with Crippen LogP contribution in [0, 0.1) is 5.92 Å². The summed E-state index contributed by atoms with van der Waals surface area (Å²) in [6.07, 6.45) is 7.26. The van der Waals surface area contributed by atoms with Crippen LogP contribution in [0.3, 0.4) is 0 Å². The molecule has 0 fully saturated rings. The Balaban J connectivity index is 2.20. The average Bonchev–Trinajstić information content (AvgIpc) is 2.81. The van der Waals surface area contributed by atoms with Gasteiger partial charge in [-0.25, -0.2) is 4.98 Å². The molecular weight excluding hydrogens is 190 g/mol. The molecule has 1 aliphatic rings. The third kappa shape index (κ3) is 2.02. The van der Waals surface area contributed by atoms with Gasteiger partial charge in [-0.15, -0.1) is 0 Å². The number of aliphatic hydroxyl groups is 1. The van der Waals surface area contributed by atoms with Crippen LogP contribution in [0.5, 0.6) is 5.88 Å². The molecule has 3 nitrogen and oxygen atoms in total. The fourth-order valence-electron chi connectivity index (χ4n) is 1.95. The lowest BCUT2D eigenvalue weighted by atomic mass is 9.94. The second-order valence-corrected chi connectivity index (χ2v) is 3.75. The Bertz CT molecular complexity index is 354. The molecule has 15 heavy (non-hydrogen) atoms. The van der Waals surface area contributed by atoms with Gasteiger partial charge < -0.3 is 9.84 Å². The zero-order valence-corrected chi connectivity index (χ0v) is 8.76. The van der Waals surface area contributed by atoms with Gasteiger partial charge in [0.2, 0.25) is 5.88 Å². The van der Waals surface area contributed by atoms with E-state index in [0.717, 1.165) is 18.4 Å². The maximum atomic E-state index is 10.2.